The Morgan fingerprint density at radius 2 is 2.10 bits per heavy atom. The van der Waals surface area contributed by atoms with Gasteiger partial charge in [-0.1, -0.05) is 12.1 Å². The topological polar surface area (TPSA) is 43.8 Å². The van der Waals surface area contributed by atoms with Crippen LogP contribution in [0.1, 0.15) is 5.56 Å². The minimum Gasteiger partial charge on any atom is -0.383 e. The molecule has 20 heavy (non-hydrogen) atoms. The van der Waals surface area contributed by atoms with E-state index in [0.29, 0.717) is 5.82 Å². The SMILES string of the molecule is Cc1ccc(F)cc1-c1nn(C)c(N)c1-c1cccs1. The summed E-state index contributed by atoms with van der Waals surface area (Å²) in [7, 11) is 1.80. The summed E-state index contributed by atoms with van der Waals surface area (Å²) in [6, 6.07) is 8.68. The number of nitrogens with two attached hydrogens (primary N) is 1. The molecule has 0 fully saturated rings. The van der Waals surface area contributed by atoms with Gasteiger partial charge >= 0.3 is 0 Å². The second-order valence-corrected chi connectivity index (χ2v) is 5.62. The number of halogens is 1. The van der Waals surface area contributed by atoms with Crippen molar-refractivity contribution in [2.24, 2.45) is 7.05 Å². The smallest absolute Gasteiger partial charge is 0.130 e. The van der Waals surface area contributed by atoms with Crippen LogP contribution in [0.2, 0.25) is 0 Å². The highest BCUT2D eigenvalue weighted by Gasteiger charge is 2.19. The van der Waals surface area contributed by atoms with Gasteiger partial charge in [-0.05, 0) is 36.1 Å². The van der Waals surface area contributed by atoms with Crippen LogP contribution in [-0.4, -0.2) is 9.78 Å². The fourth-order valence-corrected chi connectivity index (χ4v) is 3.02. The maximum absolute atomic E-state index is 13.6. The zero-order chi connectivity index (χ0) is 14.3. The monoisotopic (exact) mass is 287 g/mol. The van der Waals surface area contributed by atoms with Crippen molar-refractivity contribution in [3.8, 4) is 21.7 Å². The van der Waals surface area contributed by atoms with Gasteiger partial charge in [0.1, 0.15) is 17.3 Å². The molecule has 2 heterocycles. The first-order valence-corrected chi connectivity index (χ1v) is 7.08. The summed E-state index contributed by atoms with van der Waals surface area (Å²) < 4.78 is 15.2. The fraction of sp³-hybridized carbons (Fsp3) is 0.133. The summed E-state index contributed by atoms with van der Waals surface area (Å²) in [5.41, 5.74) is 9.48. The highest BCUT2D eigenvalue weighted by Crippen LogP contribution is 2.39. The Bertz CT molecular complexity index is 760. The van der Waals surface area contributed by atoms with Gasteiger partial charge in [-0.15, -0.1) is 11.3 Å². The lowest BCUT2D eigenvalue weighted by atomic mass is 10.0. The van der Waals surface area contributed by atoms with Crippen LogP contribution in [0.3, 0.4) is 0 Å². The molecule has 3 rings (SSSR count). The third kappa shape index (κ3) is 2.00. The number of benzene rings is 1. The van der Waals surface area contributed by atoms with Crippen molar-refractivity contribution in [3.63, 3.8) is 0 Å². The van der Waals surface area contributed by atoms with E-state index in [1.165, 1.54) is 12.1 Å². The molecule has 3 nitrogen and oxygen atoms in total. The number of hydrogen-bond donors (Lipinski definition) is 1. The molecule has 5 heteroatoms. The average Bonchev–Trinajstić information content (AvgIpc) is 3.02. The van der Waals surface area contributed by atoms with Crippen molar-refractivity contribution in [3.05, 3.63) is 47.1 Å². The summed E-state index contributed by atoms with van der Waals surface area (Å²) in [6.07, 6.45) is 0. The maximum atomic E-state index is 13.6. The second kappa shape index (κ2) is 4.76. The zero-order valence-electron chi connectivity index (χ0n) is 11.2. The second-order valence-electron chi connectivity index (χ2n) is 4.67. The van der Waals surface area contributed by atoms with Crippen LogP contribution in [0.15, 0.2) is 35.7 Å². The van der Waals surface area contributed by atoms with E-state index < -0.39 is 0 Å². The summed E-state index contributed by atoms with van der Waals surface area (Å²) in [5, 5.41) is 6.46. The third-order valence-corrected chi connectivity index (χ3v) is 4.20. The van der Waals surface area contributed by atoms with E-state index in [4.69, 9.17) is 5.73 Å². The van der Waals surface area contributed by atoms with Crippen molar-refractivity contribution in [2.75, 3.05) is 5.73 Å². The van der Waals surface area contributed by atoms with Gasteiger partial charge in [-0.2, -0.15) is 5.10 Å². The number of rotatable bonds is 2. The van der Waals surface area contributed by atoms with Crippen LogP contribution in [0.4, 0.5) is 10.2 Å². The van der Waals surface area contributed by atoms with E-state index in [2.05, 4.69) is 5.10 Å². The lowest BCUT2D eigenvalue weighted by molar-refractivity contribution is 0.627. The molecule has 0 spiro atoms. The number of hydrogen-bond acceptors (Lipinski definition) is 3. The largest absolute Gasteiger partial charge is 0.383 e. The van der Waals surface area contributed by atoms with E-state index in [9.17, 15) is 4.39 Å². The summed E-state index contributed by atoms with van der Waals surface area (Å²) in [4.78, 5) is 1.04. The summed E-state index contributed by atoms with van der Waals surface area (Å²) in [5.74, 6) is 0.318. The van der Waals surface area contributed by atoms with Gasteiger partial charge in [0.25, 0.3) is 0 Å². The van der Waals surface area contributed by atoms with E-state index >= 15 is 0 Å². The molecule has 1 aromatic carbocycles. The Hall–Kier alpha value is -2.14. The Balaban J connectivity index is 2.30. The molecule has 0 saturated heterocycles. The van der Waals surface area contributed by atoms with Crippen LogP contribution in [-0.2, 0) is 7.05 Å². The molecule has 0 atom stereocenters. The minimum atomic E-state index is -0.271. The quantitative estimate of drug-likeness (QED) is 0.778. The molecule has 0 unspecified atom stereocenters. The van der Waals surface area contributed by atoms with Crippen molar-refractivity contribution < 1.29 is 4.39 Å². The van der Waals surface area contributed by atoms with Crippen molar-refractivity contribution in [1.29, 1.82) is 0 Å². The maximum Gasteiger partial charge on any atom is 0.130 e. The first kappa shape index (κ1) is 12.9. The van der Waals surface area contributed by atoms with Gasteiger partial charge in [-0.3, -0.25) is 4.68 Å². The fourth-order valence-electron chi connectivity index (χ4n) is 2.24. The van der Waals surface area contributed by atoms with Gasteiger partial charge in [-0.25, -0.2) is 4.39 Å². The van der Waals surface area contributed by atoms with E-state index in [0.717, 1.165) is 27.3 Å². The molecular formula is C15H14FN3S. The Kier molecular flexibility index (Phi) is 3.06. The molecule has 2 N–H and O–H groups in total. The van der Waals surface area contributed by atoms with Crippen molar-refractivity contribution >= 4 is 17.2 Å². The van der Waals surface area contributed by atoms with E-state index in [1.807, 2.05) is 24.4 Å². The molecule has 0 saturated carbocycles. The number of nitrogens with zero attached hydrogens (tertiary/aromatic N) is 2. The van der Waals surface area contributed by atoms with Gasteiger partial charge in [0, 0.05) is 17.5 Å². The molecule has 3 aromatic rings. The number of aryl methyl sites for hydroxylation is 2. The van der Waals surface area contributed by atoms with E-state index in [1.54, 1.807) is 29.1 Å². The highest BCUT2D eigenvalue weighted by atomic mass is 32.1. The number of aromatic nitrogens is 2. The van der Waals surface area contributed by atoms with Crippen LogP contribution < -0.4 is 5.73 Å². The Labute approximate surface area is 120 Å². The van der Waals surface area contributed by atoms with Crippen molar-refractivity contribution in [1.82, 2.24) is 9.78 Å². The predicted molar refractivity (Wildman–Crippen MR) is 81.1 cm³/mol. The van der Waals surface area contributed by atoms with Gasteiger partial charge < -0.3 is 5.73 Å². The molecule has 102 valence electrons. The van der Waals surface area contributed by atoms with Gasteiger partial charge in [0.2, 0.25) is 0 Å². The normalized spacial score (nSPS) is 10.9. The molecule has 2 aromatic heterocycles. The van der Waals surface area contributed by atoms with Crippen LogP contribution >= 0.6 is 11.3 Å². The Morgan fingerprint density at radius 3 is 2.80 bits per heavy atom. The number of nitrogen functional groups attached to an aromatic ring is 1. The molecule has 0 aliphatic carbocycles. The van der Waals surface area contributed by atoms with Gasteiger partial charge in [0.15, 0.2) is 0 Å². The summed E-state index contributed by atoms with van der Waals surface area (Å²) in [6.45, 7) is 1.94. The van der Waals surface area contributed by atoms with Crippen LogP contribution in [0.25, 0.3) is 21.7 Å². The number of anilines is 1. The first-order valence-electron chi connectivity index (χ1n) is 6.21. The van der Waals surface area contributed by atoms with Crippen molar-refractivity contribution in [2.45, 2.75) is 6.92 Å². The molecule has 0 amide bonds. The molecule has 0 aliphatic rings. The molecule has 0 bridgehead atoms. The lowest BCUT2D eigenvalue weighted by Crippen LogP contribution is -1.97. The zero-order valence-corrected chi connectivity index (χ0v) is 12.0. The lowest BCUT2D eigenvalue weighted by Gasteiger charge is -2.05. The van der Waals surface area contributed by atoms with Gasteiger partial charge in [0.05, 0.1) is 5.56 Å². The van der Waals surface area contributed by atoms with Crippen LogP contribution in [0, 0.1) is 12.7 Å². The predicted octanol–water partition coefficient (Wildman–Crippen LogP) is 3.85. The molecular weight excluding hydrogens is 273 g/mol. The highest BCUT2D eigenvalue weighted by molar-refractivity contribution is 7.13. The molecule has 0 radical (unpaired) electrons. The standard InChI is InChI=1S/C15H14FN3S/c1-9-5-6-10(16)8-11(9)14-13(12-4-3-7-20-12)15(17)19(2)18-14/h3-8H,17H2,1-2H3. The number of thiophene rings is 1. The molecule has 0 aliphatic heterocycles. The first-order chi connectivity index (χ1) is 9.58. The minimum absolute atomic E-state index is 0.271. The van der Waals surface area contributed by atoms with Crippen LogP contribution in [0.5, 0.6) is 0 Å². The Morgan fingerprint density at radius 1 is 1.30 bits per heavy atom. The summed E-state index contributed by atoms with van der Waals surface area (Å²) >= 11 is 1.60. The third-order valence-electron chi connectivity index (χ3n) is 3.31. The average molecular weight is 287 g/mol. The van der Waals surface area contributed by atoms with E-state index in [-0.39, 0.29) is 5.82 Å².